The number of hydrogen-bond acceptors (Lipinski definition) is 6. The summed E-state index contributed by atoms with van der Waals surface area (Å²) in [5, 5.41) is 9.22. The van der Waals surface area contributed by atoms with E-state index in [1.165, 1.54) is 37.6 Å². The van der Waals surface area contributed by atoms with Gasteiger partial charge in [-0.15, -0.1) is 0 Å². The van der Waals surface area contributed by atoms with Gasteiger partial charge in [-0.2, -0.15) is 0 Å². The Kier molecular flexibility index (Phi) is 5.67. The number of nitrogens with zero attached hydrogens (tertiary/aromatic N) is 2. The molecule has 0 saturated heterocycles. The van der Waals surface area contributed by atoms with Crippen molar-refractivity contribution in [3.63, 3.8) is 0 Å². The zero-order valence-corrected chi connectivity index (χ0v) is 16.6. The lowest BCUT2D eigenvalue weighted by molar-refractivity contribution is -0.137. The lowest BCUT2D eigenvalue weighted by atomic mass is 10.1. The van der Waals surface area contributed by atoms with Crippen LogP contribution in [0.15, 0.2) is 35.1 Å². The second-order valence-electron chi connectivity index (χ2n) is 6.24. The van der Waals surface area contributed by atoms with Crippen molar-refractivity contribution in [3.8, 4) is 23.0 Å². The van der Waals surface area contributed by atoms with Crippen LogP contribution in [0.1, 0.15) is 5.56 Å². The van der Waals surface area contributed by atoms with Gasteiger partial charge in [0, 0.05) is 6.07 Å². The van der Waals surface area contributed by atoms with E-state index in [1.54, 1.807) is 30.3 Å². The molecule has 29 heavy (non-hydrogen) atoms. The SMILES string of the molecule is COc1ccc2c(c1)n(CC(=O)O)c(=O)n2Cc1cc(OC)c(OC)c(OC)c1. The first-order valence-electron chi connectivity index (χ1n) is 8.71. The summed E-state index contributed by atoms with van der Waals surface area (Å²) in [4.78, 5) is 24.3. The number of methoxy groups -OCH3 is 4. The quantitative estimate of drug-likeness (QED) is 0.615. The first-order chi connectivity index (χ1) is 13.9. The number of ether oxygens (including phenoxy) is 4. The molecule has 3 aromatic rings. The van der Waals surface area contributed by atoms with Gasteiger partial charge in [0.2, 0.25) is 5.75 Å². The first kappa shape index (κ1) is 20.1. The number of benzene rings is 2. The van der Waals surface area contributed by atoms with Gasteiger partial charge in [0.1, 0.15) is 12.3 Å². The van der Waals surface area contributed by atoms with E-state index in [1.807, 2.05) is 0 Å². The number of aliphatic carboxylic acids is 1. The van der Waals surface area contributed by atoms with Crippen LogP contribution < -0.4 is 24.6 Å². The molecule has 0 amide bonds. The molecule has 0 fully saturated rings. The molecule has 0 spiro atoms. The van der Waals surface area contributed by atoms with Crippen LogP contribution in [0.2, 0.25) is 0 Å². The van der Waals surface area contributed by atoms with Gasteiger partial charge in [0.05, 0.1) is 46.0 Å². The summed E-state index contributed by atoms with van der Waals surface area (Å²) < 4.78 is 24.0. The van der Waals surface area contributed by atoms with Gasteiger partial charge in [-0.3, -0.25) is 13.9 Å². The van der Waals surface area contributed by atoms with Crippen molar-refractivity contribution >= 4 is 17.0 Å². The minimum atomic E-state index is -1.11. The summed E-state index contributed by atoms with van der Waals surface area (Å²) in [5.74, 6) is 0.796. The molecular weight excluding hydrogens is 380 g/mol. The van der Waals surface area contributed by atoms with E-state index in [2.05, 4.69) is 0 Å². The second kappa shape index (κ2) is 8.17. The molecule has 0 aliphatic heterocycles. The Morgan fingerprint density at radius 3 is 2.07 bits per heavy atom. The average Bonchev–Trinajstić information content (AvgIpc) is 2.97. The fourth-order valence-electron chi connectivity index (χ4n) is 3.28. The van der Waals surface area contributed by atoms with Crippen LogP contribution in [-0.2, 0) is 17.9 Å². The van der Waals surface area contributed by atoms with Crippen molar-refractivity contribution in [1.29, 1.82) is 0 Å². The second-order valence-corrected chi connectivity index (χ2v) is 6.24. The number of rotatable bonds is 8. The fraction of sp³-hybridized carbons (Fsp3) is 0.300. The van der Waals surface area contributed by atoms with Gasteiger partial charge in [-0.1, -0.05) is 0 Å². The van der Waals surface area contributed by atoms with Crippen molar-refractivity contribution < 1.29 is 28.8 Å². The Bertz CT molecular complexity index is 1090. The van der Waals surface area contributed by atoms with Crippen LogP contribution in [-0.4, -0.2) is 48.6 Å². The smallest absolute Gasteiger partial charge is 0.329 e. The molecule has 1 N–H and O–H groups in total. The fourth-order valence-corrected chi connectivity index (χ4v) is 3.28. The molecule has 9 nitrogen and oxygen atoms in total. The van der Waals surface area contributed by atoms with Gasteiger partial charge in [-0.25, -0.2) is 4.79 Å². The predicted molar refractivity (Wildman–Crippen MR) is 106 cm³/mol. The van der Waals surface area contributed by atoms with Crippen LogP contribution in [0.3, 0.4) is 0 Å². The number of imidazole rings is 1. The Morgan fingerprint density at radius 1 is 0.897 bits per heavy atom. The highest BCUT2D eigenvalue weighted by Crippen LogP contribution is 2.38. The summed E-state index contributed by atoms with van der Waals surface area (Å²) in [7, 11) is 6.04. The standard InChI is InChI=1S/C20H22N2O7/c1-26-13-5-6-14-15(9-13)22(11-18(23)24)20(25)21(14)10-12-7-16(27-2)19(29-4)17(8-12)28-3/h5-9H,10-11H2,1-4H3,(H,23,24). The number of carboxylic acids is 1. The van der Waals surface area contributed by atoms with E-state index in [-0.39, 0.29) is 6.54 Å². The minimum absolute atomic E-state index is 0.186. The Morgan fingerprint density at radius 2 is 1.55 bits per heavy atom. The molecule has 0 atom stereocenters. The summed E-state index contributed by atoms with van der Waals surface area (Å²) in [6, 6.07) is 8.59. The monoisotopic (exact) mass is 402 g/mol. The number of hydrogen-bond donors (Lipinski definition) is 1. The number of carbonyl (C=O) groups is 1. The molecule has 2 aromatic carbocycles. The van der Waals surface area contributed by atoms with Crippen LogP contribution >= 0.6 is 0 Å². The molecule has 0 bridgehead atoms. The van der Waals surface area contributed by atoms with Crippen molar-refractivity contribution in [2.75, 3.05) is 28.4 Å². The Balaban J connectivity index is 2.17. The van der Waals surface area contributed by atoms with Crippen LogP contribution in [0.4, 0.5) is 0 Å². The molecule has 0 radical (unpaired) electrons. The maximum atomic E-state index is 13.0. The average molecular weight is 402 g/mol. The number of aromatic nitrogens is 2. The molecule has 0 unspecified atom stereocenters. The molecule has 3 rings (SSSR count). The van der Waals surface area contributed by atoms with E-state index in [4.69, 9.17) is 18.9 Å². The summed E-state index contributed by atoms with van der Waals surface area (Å²) in [5.41, 5.74) is 1.35. The molecule has 0 aliphatic carbocycles. The largest absolute Gasteiger partial charge is 0.497 e. The molecular formula is C20H22N2O7. The maximum absolute atomic E-state index is 13.0. The van der Waals surface area contributed by atoms with Crippen molar-refractivity contribution in [1.82, 2.24) is 9.13 Å². The molecule has 9 heteroatoms. The highest BCUT2D eigenvalue weighted by molar-refractivity contribution is 5.80. The summed E-state index contributed by atoms with van der Waals surface area (Å²) >= 11 is 0. The molecule has 0 saturated carbocycles. The molecule has 0 aliphatic rings. The molecule has 154 valence electrons. The van der Waals surface area contributed by atoms with Gasteiger partial charge >= 0.3 is 11.7 Å². The van der Waals surface area contributed by atoms with Crippen LogP contribution in [0.25, 0.3) is 11.0 Å². The zero-order chi connectivity index (χ0) is 21.1. The third kappa shape index (κ3) is 3.71. The summed E-state index contributed by atoms with van der Waals surface area (Å²) in [6.45, 7) is -0.268. The molecule has 1 heterocycles. The Hall–Kier alpha value is -3.62. The highest BCUT2D eigenvalue weighted by atomic mass is 16.5. The number of fused-ring (bicyclic) bond motifs is 1. The first-order valence-corrected chi connectivity index (χ1v) is 8.71. The van der Waals surface area contributed by atoms with Crippen molar-refractivity contribution in [2.24, 2.45) is 0 Å². The highest BCUT2D eigenvalue weighted by Gasteiger charge is 2.18. The third-order valence-electron chi connectivity index (χ3n) is 4.58. The van der Waals surface area contributed by atoms with Gasteiger partial charge in [0.15, 0.2) is 11.5 Å². The number of carboxylic acid groups (broad SMARTS) is 1. The topological polar surface area (TPSA) is 101 Å². The molecule has 1 aromatic heterocycles. The summed E-state index contributed by atoms with van der Waals surface area (Å²) in [6.07, 6.45) is 0. The van der Waals surface area contributed by atoms with E-state index in [0.29, 0.717) is 34.0 Å². The van der Waals surface area contributed by atoms with Gasteiger partial charge in [0.25, 0.3) is 0 Å². The third-order valence-corrected chi connectivity index (χ3v) is 4.58. The lowest BCUT2D eigenvalue weighted by Gasteiger charge is -2.14. The van der Waals surface area contributed by atoms with Crippen molar-refractivity contribution in [3.05, 3.63) is 46.4 Å². The van der Waals surface area contributed by atoms with Gasteiger partial charge < -0.3 is 24.1 Å². The van der Waals surface area contributed by atoms with E-state index in [9.17, 15) is 14.7 Å². The van der Waals surface area contributed by atoms with E-state index >= 15 is 0 Å². The minimum Gasteiger partial charge on any atom is -0.497 e. The predicted octanol–water partition coefficient (Wildman–Crippen LogP) is 1.97. The van der Waals surface area contributed by atoms with E-state index in [0.717, 1.165) is 5.56 Å². The maximum Gasteiger partial charge on any atom is 0.329 e. The van der Waals surface area contributed by atoms with Crippen molar-refractivity contribution in [2.45, 2.75) is 13.1 Å². The van der Waals surface area contributed by atoms with Crippen LogP contribution in [0.5, 0.6) is 23.0 Å². The van der Waals surface area contributed by atoms with Crippen LogP contribution in [0, 0.1) is 0 Å². The lowest BCUT2D eigenvalue weighted by Crippen LogP contribution is -2.27. The zero-order valence-electron chi connectivity index (χ0n) is 16.6. The van der Waals surface area contributed by atoms with E-state index < -0.39 is 18.2 Å². The Labute approximate surface area is 166 Å². The van der Waals surface area contributed by atoms with Gasteiger partial charge in [-0.05, 0) is 29.8 Å². The normalized spacial score (nSPS) is 10.8.